The molecular formula is C14H10N6. The number of aromatic amines is 1. The largest absolute Gasteiger partial charge is 0.300 e. The van der Waals surface area contributed by atoms with Gasteiger partial charge >= 0.3 is 0 Å². The maximum atomic E-state index is 4.44. The van der Waals surface area contributed by atoms with Crippen molar-refractivity contribution < 1.29 is 0 Å². The molecule has 0 unspecified atom stereocenters. The number of tetrazole rings is 1. The fraction of sp³-hybridized carbons (Fsp3) is 0. The third-order valence-corrected chi connectivity index (χ3v) is 3.19. The summed E-state index contributed by atoms with van der Waals surface area (Å²) in [5.74, 6) is 0.566. The highest BCUT2D eigenvalue weighted by atomic mass is 15.5. The number of nitrogens with zero attached hydrogens (tertiary/aromatic N) is 5. The lowest BCUT2D eigenvalue weighted by Gasteiger charge is -2.02. The van der Waals surface area contributed by atoms with Gasteiger partial charge in [0.15, 0.2) is 0 Å². The van der Waals surface area contributed by atoms with Crippen molar-refractivity contribution in [1.29, 1.82) is 0 Å². The normalized spacial score (nSPS) is 11.0. The molecule has 0 atom stereocenters. The van der Waals surface area contributed by atoms with Gasteiger partial charge in [-0.1, -0.05) is 30.3 Å². The second-order valence-electron chi connectivity index (χ2n) is 4.39. The van der Waals surface area contributed by atoms with E-state index >= 15 is 0 Å². The molecule has 0 saturated heterocycles. The summed E-state index contributed by atoms with van der Waals surface area (Å²) in [6, 6.07) is 14.1. The van der Waals surface area contributed by atoms with Crippen molar-refractivity contribution in [3.63, 3.8) is 0 Å². The third-order valence-electron chi connectivity index (χ3n) is 3.19. The highest BCUT2D eigenvalue weighted by Crippen LogP contribution is 2.23. The zero-order chi connectivity index (χ0) is 13.4. The van der Waals surface area contributed by atoms with Gasteiger partial charge in [0.25, 0.3) is 0 Å². The van der Waals surface area contributed by atoms with Crippen molar-refractivity contribution in [3.05, 3.63) is 54.9 Å². The van der Waals surface area contributed by atoms with Crippen LogP contribution in [-0.4, -0.2) is 30.0 Å². The van der Waals surface area contributed by atoms with Gasteiger partial charge in [-0.05, 0) is 17.3 Å². The summed E-state index contributed by atoms with van der Waals surface area (Å²) in [6.45, 7) is 0. The number of pyridine rings is 1. The predicted molar refractivity (Wildman–Crippen MR) is 73.8 cm³/mol. The van der Waals surface area contributed by atoms with Crippen LogP contribution in [0.15, 0.2) is 54.9 Å². The van der Waals surface area contributed by atoms with Crippen LogP contribution in [0.4, 0.5) is 0 Å². The van der Waals surface area contributed by atoms with Gasteiger partial charge in [-0.3, -0.25) is 4.40 Å². The highest BCUT2D eigenvalue weighted by molar-refractivity contribution is 5.67. The van der Waals surface area contributed by atoms with Gasteiger partial charge in [0.1, 0.15) is 5.65 Å². The van der Waals surface area contributed by atoms with E-state index in [1.807, 2.05) is 47.1 Å². The Morgan fingerprint density at radius 2 is 1.90 bits per heavy atom. The van der Waals surface area contributed by atoms with E-state index in [1.165, 1.54) is 0 Å². The number of aromatic nitrogens is 6. The van der Waals surface area contributed by atoms with Gasteiger partial charge < -0.3 is 0 Å². The van der Waals surface area contributed by atoms with E-state index < -0.39 is 0 Å². The molecule has 0 fully saturated rings. The van der Waals surface area contributed by atoms with Crippen LogP contribution in [0.5, 0.6) is 0 Å². The van der Waals surface area contributed by atoms with E-state index in [2.05, 4.69) is 37.7 Å². The molecule has 4 aromatic rings. The molecular weight excluding hydrogens is 252 g/mol. The molecule has 0 radical (unpaired) electrons. The van der Waals surface area contributed by atoms with Crippen molar-refractivity contribution in [3.8, 4) is 22.6 Å². The molecule has 6 heteroatoms. The van der Waals surface area contributed by atoms with Gasteiger partial charge in [-0.15, -0.1) is 10.2 Å². The van der Waals surface area contributed by atoms with Crippen LogP contribution in [0, 0.1) is 0 Å². The predicted octanol–water partition coefficient (Wildman–Crippen LogP) is 2.18. The first kappa shape index (κ1) is 10.9. The lowest BCUT2D eigenvalue weighted by Crippen LogP contribution is -1.89. The maximum absolute atomic E-state index is 4.44. The van der Waals surface area contributed by atoms with E-state index in [1.54, 1.807) is 0 Å². The van der Waals surface area contributed by atoms with E-state index in [-0.39, 0.29) is 0 Å². The molecule has 20 heavy (non-hydrogen) atoms. The van der Waals surface area contributed by atoms with E-state index in [9.17, 15) is 0 Å². The molecule has 3 aromatic heterocycles. The topological polar surface area (TPSA) is 71.8 Å². The minimum absolute atomic E-state index is 0.566. The Morgan fingerprint density at radius 1 is 1.00 bits per heavy atom. The van der Waals surface area contributed by atoms with E-state index in [0.717, 1.165) is 22.5 Å². The number of hydrogen-bond donors (Lipinski definition) is 1. The summed E-state index contributed by atoms with van der Waals surface area (Å²) in [6.07, 6.45) is 3.83. The monoisotopic (exact) mass is 262 g/mol. The van der Waals surface area contributed by atoms with Crippen LogP contribution < -0.4 is 0 Å². The van der Waals surface area contributed by atoms with Crippen molar-refractivity contribution in [2.24, 2.45) is 0 Å². The molecule has 0 aliphatic carbocycles. The second kappa shape index (κ2) is 4.27. The lowest BCUT2D eigenvalue weighted by atomic mass is 10.2. The standard InChI is InChI=1S/C14H10N6/c1-2-4-10(5-3-1)12-9-15-13-8-11(6-7-20(12)13)14-16-18-19-17-14/h1-9H,(H,16,17,18,19). The molecule has 1 N–H and O–H groups in total. The number of nitrogens with one attached hydrogen (secondary N) is 1. The number of H-pyrrole nitrogens is 1. The van der Waals surface area contributed by atoms with Crippen molar-refractivity contribution >= 4 is 5.65 Å². The van der Waals surface area contributed by atoms with Gasteiger partial charge in [-0.25, -0.2) is 4.98 Å². The molecule has 0 saturated carbocycles. The fourth-order valence-corrected chi connectivity index (χ4v) is 2.23. The molecule has 0 aliphatic rings. The van der Waals surface area contributed by atoms with Gasteiger partial charge in [0, 0.05) is 17.3 Å². The van der Waals surface area contributed by atoms with Crippen LogP contribution in [0.25, 0.3) is 28.3 Å². The van der Waals surface area contributed by atoms with Crippen molar-refractivity contribution in [1.82, 2.24) is 30.0 Å². The molecule has 4 rings (SSSR count). The Morgan fingerprint density at radius 3 is 2.70 bits per heavy atom. The lowest BCUT2D eigenvalue weighted by molar-refractivity contribution is 0.881. The maximum Gasteiger partial charge on any atom is 0.204 e. The number of fused-ring (bicyclic) bond motifs is 1. The Kier molecular flexibility index (Phi) is 2.32. The minimum atomic E-state index is 0.566. The summed E-state index contributed by atoms with van der Waals surface area (Å²) in [5, 5.41) is 14.0. The fourth-order valence-electron chi connectivity index (χ4n) is 2.23. The van der Waals surface area contributed by atoms with Crippen LogP contribution in [0.1, 0.15) is 0 Å². The molecule has 1 aromatic carbocycles. The molecule has 0 amide bonds. The summed E-state index contributed by atoms with van der Waals surface area (Å²) >= 11 is 0. The Balaban J connectivity index is 1.87. The van der Waals surface area contributed by atoms with Gasteiger partial charge in [-0.2, -0.15) is 5.21 Å². The molecule has 0 aliphatic heterocycles. The average Bonchev–Trinajstić information content (AvgIpc) is 3.17. The third kappa shape index (κ3) is 1.66. The molecule has 0 bridgehead atoms. The zero-order valence-corrected chi connectivity index (χ0v) is 10.4. The molecule has 6 nitrogen and oxygen atoms in total. The van der Waals surface area contributed by atoms with Crippen molar-refractivity contribution in [2.75, 3.05) is 0 Å². The smallest absolute Gasteiger partial charge is 0.204 e. The highest BCUT2D eigenvalue weighted by Gasteiger charge is 2.08. The number of rotatable bonds is 2. The summed E-state index contributed by atoms with van der Waals surface area (Å²) in [4.78, 5) is 4.44. The summed E-state index contributed by atoms with van der Waals surface area (Å²) in [5.41, 5.74) is 3.93. The van der Waals surface area contributed by atoms with E-state index in [0.29, 0.717) is 5.82 Å². The summed E-state index contributed by atoms with van der Waals surface area (Å²) in [7, 11) is 0. The van der Waals surface area contributed by atoms with Crippen LogP contribution in [0.2, 0.25) is 0 Å². The van der Waals surface area contributed by atoms with Crippen LogP contribution >= 0.6 is 0 Å². The zero-order valence-electron chi connectivity index (χ0n) is 10.4. The average molecular weight is 262 g/mol. The Hall–Kier alpha value is -3.02. The SMILES string of the molecule is c1ccc(-c2cnc3cc(-c4nn[nH]n4)ccn23)cc1. The molecule has 3 heterocycles. The Labute approximate surface area is 114 Å². The van der Waals surface area contributed by atoms with Crippen LogP contribution in [0.3, 0.4) is 0 Å². The molecule has 0 spiro atoms. The first-order chi connectivity index (χ1) is 9.92. The first-order valence-corrected chi connectivity index (χ1v) is 6.18. The number of benzene rings is 1. The first-order valence-electron chi connectivity index (χ1n) is 6.18. The quantitative estimate of drug-likeness (QED) is 0.601. The Bertz CT molecular complexity index is 848. The number of imidazole rings is 1. The number of hydrogen-bond acceptors (Lipinski definition) is 4. The van der Waals surface area contributed by atoms with Crippen molar-refractivity contribution in [2.45, 2.75) is 0 Å². The van der Waals surface area contributed by atoms with Gasteiger partial charge in [0.2, 0.25) is 5.82 Å². The van der Waals surface area contributed by atoms with Gasteiger partial charge in [0.05, 0.1) is 11.9 Å². The molecule has 96 valence electrons. The van der Waals surface area contributed by atoms with Crippen LogP contribution in [-0.2, 0) is 0 Å². The summed E-state index contributed by atoms with van der Waals surface area (Å²) < 4.78 is 2.04. The van der Waals surface area contributed by atoms with E-state index in [4.69, 9.17) is 0 Å². The second-order valence-corrected chi connectivity index (χ2v) is 4.39. The minimum Gasteiger partial charge on any atom is -0.300 e.